The van der Waals surface area contributed by atoms with Crippen molar-refractivity contribution >= 4 is 16.9 Å². The molecular formula is C18H22O5. The normalized spacial score (nSPS) is 11.0. The Kier molecular flexibility index (Phi) is 5.79. The average molecular weight is 318 g/mol. The summed E-state index contributed by atoms with van der Waals surface area (Å²) >= 11 is 0. The van der Waals surface area contributed by atoms with E-state index in [-0.39, 0.29) is 34.1 Å². The second-order valence-corrected chi connectivity index (χ2v) is 5.79. The zero-order chi connectivity index (χ0) is 16.8. The molecule has 1 aromatic heterocycles. The highest BCUT2D eigenvalue weighted by Crippen LogP contribution is 2.24. The van der Waals surface area contributed by atoms with Crippen molar-refractivity contribution in [1.29, 1.82) is 0 Å². The predicted octanol–water partition coefficient (Wildman–Crippen LogP) is 3.64. The molecule has 2 aromatic rings. The molecule has 2 N–H and O–H groups in total. The number of benzene rings is 1. The maximum atomic E-state index is 12.3. The number of aliphatic carboxylic acids is 1. The lowest BCUT2D eigenvalue weighted by Gasteiger charge is -2.07. The Morgan fingerprint density at radius 2 is 1.87 bits per heavy atom. The minimum Gasteiger partial charge on any atom is -0.508 e. The van der Waals surface area contributed by atoms with Gasteiger partial charge >= 0.3 is 5.97 Å². The zero-order valence-corrected chi connectivity index (χ0v) is 13.3. The van der Waals surface area contributed by atoms with Gasteiger partial charge < -0.3 is 14.6 Å². The lowest BCUT2D eigenvalue weighted by Crippen LogP contribution is -2.08. The first-order chi connectivity index (χ1) is 11.0. The van der Waals surface area contributed by atoms with Gasteiger partial charge in [0.05, 0.1) is 11.8 Å². The fourth-order valence-corrected chi connectivity index (χ4v) is 2.73. The molecule has 0 bridgehead atoms. The van der Waals surface area contributed by atoms with Crippen molar-refractivity contribution in [3.63, 3.8) is 0 Å². The number of phenols is 1. The number of phenolic OH excluding ortho intramolecular Hbond substituents is 1. The highest BCUT2D eigenvalue weighted by atomic mass is 16.4. The Labute approximate surface area is 134 Å². The molecule has 1 heterocycles. The summed E-state index contributed by atoms with van der Waals surface area (Å²) in [6.07, 6.45) is 5.91. The second kappa shape index (κ2) is 7.81. The molecule has 0 amide bonds. The first-order valence-electron chi connectivity index (χ1n) is 8.01. The van der Waals surface area contributed by atoms with Crippen molar-refractivity contribution in [2.24, 2.45) is 0 Å². The van der Waals surface area contributed by atoms with Crippen molar-refractivity contribution in [3.8, 4) is 5.75 Å². The maximum absolute atomic E-state index is 12.3. The first kappa shape index (κ1) is 17.1. The molecule has 0 aliphatic carbocycles. The standard InChI is InChI=1S/C18H22O5/c1-2-3-4-5-6-7-14-11-15(20)18-12(9-17(21)22)8-13(19)10-16(18)23-14/h8,10-11,19H,2-7,9H2,1H3,(H,21,22). The third kappa shape index (κ3) is 4.58. The van der Waals surface area contributed by atoms with Crippen LogP contribution in [0, 0.1) is 0 Å². The van der Waals surface area contributed by atoms with E-state index >= 15 is 0 Å². The van der Waals surface area contributed by atoms with Crippen LogP contribution in [0.3, 0.4) is 0 Å². The highest BCUT2D eigenvalue weighted by Gasteiger charge is 2.13. The summed E-state index contributed by atoms with van der Waals surface area (Å²) in [7, 11) is 0. The molecule has 124 valence electrons. The molecule has 1 aromatic carbocycles. The van der Waals surface area contributed by atoms with Crippen LogP contribution in [0.5, 0.6) is 5.75 Å². The maximum Gasteiger partial charge on any atom is 0.307 e. The van der Waals surface area contributed by atoms with Crippen LogP contribution in [0.1, 0.15) is 50.4 Å². The van der Waals surface area contributed by atoms with Crippen molar-refractivity contribution in [1.82, 2.24) is 0 Å². The van der Waals surface area contributed by atoms with Gasteiger partial charge in [-0.15, -0.1) is 0 Å². The van der Waals surface area contributed by atoms with Gasteiger partial charge in [-0.3, -0.25) is 9.59 Å². The van der Waals surface area contributed by atoms with Gasteiger partial charge in [-0.2, -0.15) is 0 Å². The van der Waals surface area contributed by atoms with Gasteiger partial charge in [-0.05, 0) is 18.1 Å². The summed E-state index contributed by atoms with van der Waals surface area (Å²) in [6, 6.07) is 4.10. The molecule has 23 heavy (non-hydrogen) atoms. The van der Waals surface area contributed by atoms with E-state index in [9.17, 15) is 14.7 Å². The minimum atomic E-state index is -1.06. The van der Waals surface area contributed by atoms with Gasteiger partial charge in [0.25, 0.3) is 0 Å². The van der Waals surface area contributed by atoms with E-state index in [0.29, 0.717) is 12.2 Å². The van der Waals surface area contributed by atoms with Gasteiger partial charge in [0, 0.05) is 18.6 Å². The smallest absolute Gasteiger partial charge is 0.307 e. The molecule has 0 saturated carbocycles. The van der Waals surface area contributed by atoms with Crippen LogP contribution in [0.25, 0.3) is 11.0 Å². The number of carboxylic acids is 1. The number of unbranched alkanes of at least 4 members (excludes halogenated alkanes) is 4. The summed E-state index contributed by atoms with van der Waals surface area (Å²) in [5, 5.41) is 18.9. The lowest BCUT2D eigenvalue weighted by molar-refractivity contribution is -0.136. The van der Waals surface area contributed by atoms with Gasteiger partial charge in [-0.1, -0.05) is 32.6 Å². The quantitative estimate of drug-likeness (QED) is 0.726. The largest absolute Gasteiger partial charge is 0.508 e. The summed E-state index contributed by atoms with van der Waals surface area (Å²) in [4.78, 5) is 23.2. The SMILES string of the molecule is CCCCCCCc1cc(=O)c2c(CC(=O)O)cc(O)cc2o1. The predicted molar refractivity (Wildman–Crippen MR) is 88.0 cm³/mol. The highest BCUT2D eigenvalue weighted by molar-refractivity contribution is 5.86. The van der Waals surface area contributed by atoms with Gasteiger partial charge in [-0.25, -0.2) is 0 Å². The van der Waals surface area contributed by atoms with E-state index in [0.717, 1.165) is 19.3 Å². The molecule has 5 nitrogen and oxygen atoms in total. The van der Waals surface area contributed by atoms with E-state index < -0.39 is 5.97 Å². The van der Waals surface area contributed by atoms with Crippen molar-refractivity contribution in [3.05, 3.63) is 39.7 Å². The topological polar surface area (TPSA) is 87.7 Å². The van der Waals surface area contributed by atoms with E-state index in [1.54, 1.807) is 0 Å². The summed E-state index contributed by atoms with van der Waals surface area (Å²) in [5.41, 5.74) is 0.263. The molecule has 0 fully saturated rings. The van der Waals surface area contributed by atoms with Gasteiger partial charge in [0.2, 0.25) is 0 Å². The van der Waals surface area contributed by atoms with Crippen LogP contribution < -0.4 is 5.43 Å². The second-order valence-electron chi connectivity index (χ2n) is 5.79. The Balaban J connectivity index is 2.27. The molecule has 0 saturated heterocycles. The van der Waals surface area contributed by atoms with Crippen LogP contribution in [0.2, 0.25) is 0 Å². The van der Waals surface area contributed by atoms with Crippen molar-refractivity contribution in [2.75, 3.05) is 0 Å². The van der Waals surface area contributed by atoms with Gasteiger partial charge in [0.15, 0.2) is 5.43 Å². The molecule has 0 aliphatic heterocycles. The number of carbonyl (C=O) groups is 1. The van der Waals surface area contributed by atoms with E-state index in [2.05, 4.69) is 6.92 Å². The third-order valence-corrected chi connectivity index (χ3v) is 3.82. The number of carboxylic acid groups (broad SMARTS) is 1. The fourth-order valence-electron chi connectivity index (χ4n) is 2.73. The number of hydrogen-bond donors (Lipinski definition) is 2. The first-order valence-corrected chi connectivity index (χ1v) is 8.01. The zero-order valence-electron chi connectivity index (χ0n) is 13.3. The number of rotatable bonds is 8. The average Bonchev–Trinajstić information content (AvgIpc) is 2.45. The lowest BCUT2D eigenvalue weighted by atomic mass is 10.0. The molecular weight excluding hydrogens is 296 g/mol. The van der Waals surface area contributed by atoms with E-state index in [4.69, 9.17) is 9.52 Å². The van der Waals surface area contributed by atoms with Crippen LogP contribution in [-0.4, -0.2) is 16.2 Å². The number of fused-ring (bicyclic) bond motifs is 1. The number of aromatic hydroxyl groups is 1. The van der Waals surface area contributed by atoms with Gasteiger partial charge in [0.1, 0.15) is 17.1 Å². The van der Waals surface area contributed by atoms with Crippen molar-refractivity contribution in [2.45, 2.75) is 51.9 Å². The fraction of sp³-hybridized carbons (Fsp3) is 0.444. The molecule has 0 unspecified atom stereocenters. The van der Waals surface area contributed by atoms with Crippen molar-refractivity contribution < 1.29 is 19.4 Å². The molecule has 0 radical (unpaired) electrons. The van der Waals surface area contributed by atoms with E-state index in [1.165, 1.54) is 31.0 Å². The Bertz CT molecular complexity index is 745. The minimum absolute atomic E-state index is 0.100. The van der Waals surface area contributed by atoms with Crippen LogP contribution in [0.4, 0.5) is 0 Å². The number of hydrogen-bond acceptors (Lipinski definition) is 4. The molecule has 2 rings (SSSR count). The Hall–Kier alpha value is -2.30. The number of aryl methyl sites for hydroxylation is 1. The van der Waals surface area contributed by atoms with Crippen LogP contribution in [0.15, 0.2) is 27.4 Å². The Morgan fingerprint density at radius 3 is 2.57 bits per heavy atom. The monoisotopic (exact) mass is 318 g/mol. The summed E-state index contributed by atoms with van der Waals surface area (Å²) in [6.45, 7) is 2.16. The summed E-state index contributed by atoms with van der Waals surface area (Å²) in [5.74, 6) is -0.584. The third-order valence-electron chi connectivity index (χ3n) is 3.82. The van der Waals surface area contributed by atoms with E-state index in [1.807, 2.05) is 0 Å². The van der Waals surface area contributed by atoms with Crippen LogP contribution in [-0.2, 0) is 17.6 Å². The molecule has 0 spiro atoms. The van der Waals surface area contributed by atoms with Crippen LogP contribution >= 0.6 is 0 Å². The molecule has 0 aliphatic rings. The summed E-state index contributed by atoms with van der Waals surface area (Å²) < 4.78 is 5.70. The molecule has 0 atom stereocenters. The Morgan fingerprint density at radius 1 is 1.13 bits per heavy atom. The molecule has 5 heteroatoms.